The second-order valence-corrected chi connectivity index (χ2v) is 11.7. The molecule has 4 fully saturated rings. The number of nitrogens with zero attached hydrogens (tertiary/aromatic N) is 4. The van der Waals surface area contributed by atoms with E-state index in [1.54, 1.807) is 0 Å². The molecular formula is C26H35F3N4O3. The lowest BCUT2D eigenvalue weighted by atomic mass is 9.53. The molecule has 10 heteroatoms. The number of aliphatic hydroxyl groups is 1. The number of aromatic nitrogens is 4. The van der Waals surface area contributed by atoms with Gasteiger partial charge in [-0.2, -0.15) is 18.3 Å². The van der Waals surface area contributed by atoms with Gasteiger partial charge in [0, 0.05) is 12.0 Å². The van der Waals surface area contributed by atoms with E-state index in [4.69, 9.17) is 14.6 Å². The molecule has 2 aliphatic heterocycles. The zero-order chi connectivity index (χ0) is 25.3. The van der Waals surface area contributed by atoms with E-state index in [0.717, 1.165) is 82.9 Å². The molecule has 0 radical (unpaired) electrons. The van der Waals surface area contributed by atoms with E-state index in [-0.39, 0.29) is 29.0 Å². The van der Waals surface area contributed by atoms with Gasteiger partial charge in [-0.15, -0.1) is 0 Å². The average molecular weight is 509 g/mol. The van der Waals surface area contributed by atoms with Crippen LogP contribution in [0.2, 0.25) is 0 Å². The molecule has 3 saturated carbocycles. The SMILES string of the molecule is C[C@H]1Cn2nc(C34CCC(COC5CCCCO5)(CC3)CC4)cc2-c2cnc([C@@](C)(O)C(F)(F)F)n21. The van der Waals surface area contributed by atoms with Crippen molar-refractivity contribution in [3.05, 3.63) is 23.8 Å². The van der Waals surface area contributed by atoms with E-state index in [1.165, 1.54) is 17.2 Å². The highest BCUT2D eigenvalue weighted by molar-refractivity contribution is 5.58. The molecule has 0 aromatic carbocycles. The van der Waals surface area contributed by atoms with Gasteiger partial charge in [0.15, 0.2) is 12.1 Å². The molecule has 0 amide bonds. The fraction of sp³-hybridized carbons (Fsp3) is 0.769. The minimum Gasteiger partial charge on any atom is -0.374 e. The minimum atomic E-state index is -4.82. The largest absolute Gasteiger partial charge is 0.424 e. The molecule has 2 aromatic rings. The van der Waals surface area contributed by atoms with Crippen molar-refractivity contribution in [1.82, 2.24) is 19.3 Å². The Morgan fingerprint density at radius 2 is 1.86 bits per heavy atom. The van der Waals surface area contributed by atoms with E-state index in [0.29, 0.717) is 12.2 Å². The summed E-state index contributed by atoms with van der Waals surface area (Å²) in [4.78, 5) is 4.05. The highest BCUT2D eigenvalue weighted by Crippen LogP contribution is 2.58. The van der Waals surface area contributed by atoms with Crippen LogP contribution in [0.5, 0.6) is 0 Å². The number of imidazole rings is 1. The van der Waals surface area contributed by atoms with Gasteiger partial charge >= 0.3 is 6.18 Å². The monoisotopic (exact) mass is 508 g/mol. The summed E-state index contributed by atoms with van der Waals surface area (Å²) in [6.45, 7) is 4.60. The van der Waals surface area contributed by atoms with Gasteiger partial charge in [-0.05, 0) is 83.1 Å². The maximum absolute atomic E-state index is 13.6. The second kappa shape index (κ2) is 8.30. The first-order valence-corrected chi connectivity index (χ1v) is 13.2. The Labute approximate surface area is 209 Å². The van der Waals surface area contributed by atoms with Crippen molar-refractivity contribution in [2.24, 2.45) is 5.41 Å². The summed E-state index contributed by atoms with van der Waals surface area (Å²) >= 11 is 0. The number of rotatable bonds is 5. The van der Waals surface area contributed by atoms with Gasteiger partial charge in [-0.25, -0.2) is 4.98 Å². The van der Waals surface area contributed by atoms with Crippen molar-refractivity contribution in [2.45, 2.75) is 108 Å². The summed E-state index contributed by atoms with van der Waals surface area (Å²) in [6, 6.07) is 1.74. The Morgan fingerprint density at radius 3 is 2.50 bits per heavy atom. The third-order valence-electron chi connectivity index (χ3n) is 9.36. The van der Waals surface area contributed by atoms with Crippen LogP contribution in [0.3, 0.4) is 0 Å². The topological polar surface area (TPSA) is 74.3 Å². The molecule has 198 valence electrons. The lowest BCUT2D eigenvalue weighted by Gasteiger charge is -2.53. The molecule has 1 N–H and O–H groups in total. The van der Waals surface area contributed by atoms with E-state index in [2.05, 4.69) is 11.1 Å². The zero-order valence-corrected chi connectivity index (χ0v) is 21.0. The van der Waals surface area contributed by atoms with Crippen LogP contribution < -0.4 is 0 Å². The van der Waals surface area contributed by atoms with Gasteiger partial charge in [0.1, 0.15) is 0 Å². The van der Waals surface area contributed by atoms with Crippen molar-refractivity contribution < 1.29 is 27.8 Å². The van der Waals surface area contributed by atoms with Gasteiger partial charge in [0.25, 0.3) is 0 Å². The molecular weight excluding hydrogens is 473 g/mol. The maximum Gasteiger partial charge on any atom is 0.424 e. The van der Waals surface area contributed by atoms with Gasteiger partial charge in [-0.3, -0.25) is 4.68 Å². The van der Waals surface area contributed by atoms with Crippen LogP contribution >= 0.6 is 0 Å². The molecule has 3 atom stereocenters. The van der Waals surface area contributed by atoms with Crippen molar-refractivity contribution >= 4 is 0 Å². The fourth-order valence-corrected chi connectivity index (χ4v) is 6.81. The van der Waals surface area contributed by atoms with E-state index >= 15 is 0 Å². The number of hydrogen-bond acceptors (Lipinski definition) is 5. The summed E-state index contributed by atoms with van der Waals surface area (Å²) in [6.07, 6.45) is 6.23. The number of fused-ring (bicyclic) bond motifs is 6. The Hall–Kier alpha value is -1.91. The van der Waals surface area contributed by atoms with Crippen LogP contribution in [0.15, 0.2) is 12.3 Å². The Morgan fingerprint density at radius 1 is 1.14 bits per heavy atom. The van der Waals surface area contributed by atoms with Crippen LogP contribution in [0.25, 0.3) is 11.4 Å². The first kappa shape index (κ1) is 24.4. The number of hydrogen-bond donors (Lipinski definition) is 1. The van der Waals surface area contributed by atoms with Crippen LogP contribution in [0, 0.1) is 5.41 Å². The third kappa shape index (κ3) is 3.74. The second-order valence-electron chi connectivity index (χ2n) is 11.7. The Balaban J connectivity index is 1.23. The highest BCUT2D eigenvalue weighted by Gasteiger charge is 2.55. The van der Waals surface area contributed by atoms with Gasteiger partial charge in [0.05, 0.1) is 42.5 Å². The van der Waals surface area contributed by atoms with Crippen LogP contribution in [0.1, 0.15) is 89.2 Å². The number of halogens is 3. The minimum absolute atomic E-state index is 0.00180. The van der Waals surface area contributed by atoms with Crippen molar-refractivity contribution in [3.8, 4) is 11.4 Å². The van der Waals surface area contributed by atoms with Crippen molar-refractivity contribution in [1.29, 1.82) is 0 Å². The summed E-state index contributed by atoms with van der Waals surface area (Å²) in [7, 11) is 0. The molecule has 3 aliphatic carbocycles. The quantitative estimate of drug-likeness (QED) is 0.599. The number of ether oxygens (including phenoxy) is 2. The lowest BCUT2D eigenvalue weighted by Crippen LogP contribution is -2.47. The summed E-state index contributed by atoms with van der Waals surface area (Å²) in [5.41, 5.74) is -0.424. The van der Waals surface area contributed by atoms with Gasteiger partial charge in [0.2, 0.25) is 5.60 Å². The normalized spacial score (nSPS) is 33.7. The molecule has 1 unspecified atom stereocenters. The summed E-state index contributed by atoms with van der Waals surface area (Å²) in [5, 5.41) is 15.3. The molecule has 4 heterocycles. The first-order chi connectivity index (χ1) is 17.0. The highest BCUT2D eigenvalue weighted by atomic mass is 19.4. The molecule has 0 spiro atoms. The molecule has 2 aromatic heterocycles. The standard InChI is InChI=1S/C26H35F3N4O3/c1-17-15-32-18(19-14-30-22(33(17)19)23(2,34)26(27,28)29)13-20(31-32)25-9-6-24(7-10-25,8-11-25)16-36-21-5-3-4-12-35-21/h13-14,17,21,34H,3-12,15-16H2,1-2H3/t17-,21?,23+,24?,25?/m0/s1. The van der Waals surface area contributed by atoms with Crippen LogP contribution in [-0.4, -0.2) is 50.1 Å². The zero-order valence-electron chi connectivity index (χ0n) is 21.0. The van der Waals surface area contributed by atoms with Crippen LogP contribution in [0.4, 0.5) is 13.2 Å². The molecule has 36 heavy (non-hydrogen) atoms. The van der Waals surface area contributed by atoms with E-state index in [9.17, 15) is 18.3 Å². The Kier molecular flexibility index (Phi) is 5.63. The summed E-state index contributed by atoms with van der Waals surface area (Å²) in [5.74, 6) is -0.369. The van der Waals surface area contributed by atoms with Gasteiger partial charge < -0.3 is 19.1 Å². The molecule has 5 aliphatic rings. The molecule has 1 saturated heterocycles. The summed E-state index contributed by atoms with van der Waals surface area (Å²) < 4.78 is 56.2. The average Bonchev–Trinajstić information content (AvgIpc) is 3.50. The van der Waals surface area contributed by atoms with E-state index in [1.807, 2.05) is 11.6 Å². The molecule has 7 nitrogen and oxygen atoms in total. The molecule has 7 rings (SSSR count). The Bertz CT molecular complexity index is 1110. The lowest BCUT2D eigenvalue weighted by molar-refractivity contribution is -0.262. The predicted molar refractivity (Wildman–Crippen MR) is 125 cm³/mol. The predicted octanol–water partition coefficient (Wildman–Crippen LogP) is 5.23. The van der Waals surface area contributed by atoms with E-state index < -0.39 is 11.8 Å². The maximum atomic E-state index is 13.6. The smallest absolute Gasteiger partial charge is 0.374 e. The third-order valence-corrected chi connectivity index (χ3v) is 9.36. The van der Waals surface area contributed by atoms with Gasteiger partial charge in [-0.1, -0.05) is 0 Å². The van der Waals surface area contributed by atoms with Crippen molar-refractivity contribution in [2.75, 3.05) is 13.2 Å². The van der Waals surface area contributed by atoms with Crippen molar-refractivity contribution in [3.63, 3.8) is 0 Å². The molecule has 2 bridgehead atoms. The van der Waals surface area contributed by atoms with Crippen LogP contribution in [-0.2, 0) is 27.0 Å². The number of alkyl halides is 3. The fourth-order valence-electron chi connectivity index (χ4n) is 6.81. The first-order valence-electron chi connectivity index (χ1n) is 13.2.